The lowest BCUT2D eigenvalue weighted by molar-refractivity contribution is -0.145. The van der Waals surface area contributed by atoms with Crippen molar-refractivity contribution in [3.63, 3.8) is 0 Å². The van der Waals surface area contributed by atoms with E-state index in [0.29, 0.717) is 21.2 Å². The summed E-state index contributed by atoms with van der Waals surface area (Å²) in [6.07, 6.45) is 1.14. The second-order valence-corrected chi connectivity index (χ2v) is 9.36. The number of carbonyl (C=O) groups excluding carboxylic acids is 1. The van der Waals surface area contributed by atoms with E-state index in [2.05, 4.69) is 0 Å². The number of hydrogen-bond donors (Lipinski definition) is 0. The van der Waals surface area contributed by atoms with Crippen molar-refractivity contribution in [1.29, 1.82) is 0 Å². The molecule has 0 radical (unpaired) electrons. The van der Waals surface area contributed by atoms with Gasteiger partial charge in [-0.2, -0.15) is 0 Å². The number of rotatable bonds is 4. The SMILES string of the molecule is CC1(C)OC(=O)C(Oc2sccc2Cl)=C1c1ccc(S(C)(=O)=O)cc1. The molecule has 0 amide bonds. The average Bonchev–Trinajstić information content (AvgIpc) is 2.99. The highest BCUT2D eigenvalue weighted by Gasteiger charge is 2.43. The molecule has 1 aliphatic heterocycles. The molecule has 0 N–H and O–H groups in total. The first-order valence-electron chi connectivity index (χ1n) is 7.29. The zero-order chi connectivity index (χ0) is 18.4. The first-order chi connectivity index (χ1) is 11.6. The number of benzene rings is 1. The molecule has 0 unspecified atom stereocenters. The van der Waals surface area contributed by atoms with Gasteiger partial charge in [0.05, 0.1) is 15.5 Å². The second-order valence-electron chi connectivity index (χ2n) is 6.06. The fourth-order valence-electron chi connectivity index (χ4n) is 2.59. The third kappa shape index (κ3) is 3.44. The molecule has 0 saturated carbocycles. The van der Waals surface area contributed by atoms with Gasteiger partial charge in [-0.3, -0.25) is 0 Å². The van der Waals surface area contributed by atoms with Crippen molar-refractivity contribution >= 4 is 44.3 Å². The van der Waals surface area contributed by atoms with Gasteiger partial charge in [0.1, 0.15) is 5.60 Å². The van der Waals surface area contributed by atoms with Gasteiger partial charge in [-0.15, -0.1) is 11.3 Å². The van der Waals surface area contributed by atoms with E-state index in [0.717, 1.165) is 6.26 Å². The fourth-order valence-corrected chi connectivity index (χ4v) is 4.17. The highest BCUT2D eigenvalue weighted by Crippen LogP contribution is 2.42. The maximum atomic E-state index is 12.3. The van der Waals surface area contributed by atoms with Crippen molar-refractivity contribution in [1.82, 2.24) is 0 Å². The number of thiophene rings is 1. The van der Waals surface area contributed by atoms with Gasteiger partial charge < -0.3 is 9.47 Å². The zero-order valence-corrected chi connectivity index (χ0v) is 16.1. The van der Waals surface area contributed by atoms with Gasteiger partial charge in [-0.25, -0.2) is 13.2 Å². The number of cyclic esters (lactones) is 1. The van der Waals surface area contributed by atoms with Crippen molar-refractivity contribution in [2.24, 2.45) is 0 Å². The van der Waals surface area contributed by atoms with Crippen molar-refractivity contribution in [3.05, 3.63) is 52.1 Å². The van der Waals surface area contributed by atoms with E-state index in [1.807, 2.05) is 0 Å². The number of ether oxygens (including phenoxy) is 2. The smallest absolute Gasteiger partial charge is 0.375 e. The summed E-state index contributed by atoms with van der Waals surface area (Å²) in [4.78, 5) is 12.5. The van der Waals surface area contributed by atoms with Crippen molar-refractivity contribution < 1.29 is 22.7 Å². The van der Waals surface area contributed by atoms with Gasteiger partial charge in [-0.1, -0.05) is 23.7 Å². The van der Waals surface area contributed by atoms with Crippen molar-refractivity contribution in [2.45, 2.75) is 24.3 Å². The topological polar surface area (TPSA) is 69.7 Å². The Balaban J connectivity index is 2.10. The summed E-state index contributed by atoms with van der Waals surface area (Å²) in [5.74, 6) is -0.530. The first-order valence-corrected chi connectivity index (χ1v) is 10.4. The Hall–Kier alpha value is -1.83. The van der Waals surface area contributed by atoms with E-state index in [9.17, 15) is 13.2 Å². The molecule has 2 heterocycles. The lowest BCUT2D eigenvalue weighted by Crippen LogP contribution is -2.22. The van der Waals surface area contributed by atoms with E-state index < -0.39 is 21.4 Å². The first kappa shape index (κ1) is 18.0. The third-order valence-electron chi connectivity index (χ3n) is 3.71. The molecule has 0 bridgehead atoms. The van der Waals surface area contributed by atoms with Gasteiger partial charge in [0, 0.05) is 6.26 Å². The lowest BCUT2D eigenvalue weighted by Gasteiger charge is -2.21. The molecule has 8 heteroatoms. The van der Waals surface area contributed by atoms with Crippen LogP contribution in [0.15, 0.2) is 46.4 Å². The molecule has 0 atom stereocenters. The molecule has 0 fully saturated rings. The predicted molar refractivity (Wildman–Crippen MR) is 96.6 cm³/mol. The predicted octanol–water partition coefficient (Wildman–Crippen LogP) is 3.93. The second kappa shape index (κ2) is 6.16. The van der Waals surface area contributed by atoms with Crippen LogP contribution in [0.1, 0.15) is 19.4 Å². The molecule has 1 aromatic heterocycles. The summed E-state index contributed by atoms with van der Waals surface area (Å²) in [6.45, 7) is 3.49. The van der Waals surface area contributed by atoms with E-state index in [1.54, 1.807) is 37.4 Å². The Kier molecular flexibility index (Phi) is 4.43. The van der Waals surface area contributed by atoms with Gasteiger partial charge >= 0.3 is 5.97 Å². The standard InChI is InChI=1S/C17H15ClO5S2/c1-17(2)13(10-4-6-11(7-5-10)25(3,20)21)14(15(19)23-17)22-16-12(18)8-9-24-16/h4-9H,1-3H3. The molecule has 2 aromatic rings. The summed E-state index contributed by atoms with van der Waals surface area (Å²) in [5, 5.41) is 2.56. The number of sulfone groups is 1. The summed E-state index contributed by atoms with van der Waals surface area (Å²) < 4.78 is 34.4. The lowest BCUT2D eigenvalue weighted by atomic mass is 9.92. The van der Waals surface area contributed by atoms with E-state index >= 15 is 0 Å². The number of halogens is 1. The van der Waals surface area contributed by atoms with Gasteiger partial charge in [0.25, 0.3) is 0 Å². The minimum atomic E-state index is -3.30. The Morgan fingerprint density at radius 1 is 1.16 bits per heavy atom. The van der Waals surface area contributed by atoms with Crippen LogP contribution >= 0.6 is 22.9 Å². The normalized spacial score (nSPS) is 16.9. The highest BCUT2D eigenvalue weighted by molar-refractivity contribution is 7.90. The summed E-state index contributed by atoms with van der Waals surface area (Å²) >= 11 is 7.31. The summed E-state index contributed by atoms with van der Waals surface area (Å²) in [6, 6.07) is 7.93. The molecular formula is C17H15ClO5S2. The zero-order valence-electron chi connectivity index (χ0n) is 13.7. The number of carbonyl (C=O) groups is 1. The van der Waals surface area contributed by atoms with Gasteiger partial charge in [0.2, 0.25) is 5.76 Å². The minimum absolute atomic E-state index is 0.0569. The average molecular weight is 399 g/mol. The molecule has 3 rings (SSSR count). The van der Waals surface area contributed by atoms with Crippen LogP contribution in [0.2, 0.25) is 5.02 Å². The Morgan fingerprint density at radius 2 is 1.80 bits per heavy atom. The molecule has 0 spiro atoms. The van der Waals surface area contributed by atoms with Crippen molar-refractivity contribution in [2.75, 3.05) is 6.26 Å². The van der Waals surface area contributed by atoms with Crippen LogP contribution in [0.25, 0.3) is 5.57 Å². The van der Waals surface area contributed by atoms with Crippen LogP contribution in [0.4, 0.5) is 0 Å². The fraction of sp³-hybridized carbons (Fsp3) is 0.235. The van der Waals surface area contributed by atoms with E-state index in [-0.39, 0.29) is 10.7 Å². The van der Waals surface area contributed by atoms with Gasteiger partial charge in [-0.05, 0) is 43.0 Å². The van der Waals surface area contributed by atoms with Crippen LogP contribution in [-0.2, 0) is 19.4 Å². The summed E-state index contributed by atoms with van der Waals surface area (Å²) in [7, 11) is -3.30. The van der Waals surface area contributed by atoms with Crippen LogP contribution in [0.5, 0.6) is 5.06 Å². The summed E-state index contributed by atoms with van der Waals surface area (Å²) in [5.41, 5.74) is 0.274. The molecule has 0 aliphatic carbocycles. The number of esters is 1. The highest BCUT2D eigenvalue weighted by atomic mass is 35.5. The molecule has 1 aliphatic rings. The maximum absolute atomic E-state index is 12.3. The minimum Gasteiger partial charge on any atom is -0.449 e. The van der Waals surface area contributed by atoms with E-state index in [4.69, 9.17) is 21.1 Å². The molecular weight excluding hydrogens is 384 g/mol. The van der Waals surface area contributed by atoms with E-state index in [1.165, 1.54) is 23.5 Å². The largest absolute Gasteiger partial charge is 0.449 e. The monoisotopic (exact) mass is 398 g/mol. The quantitative estimate of drug-likeness (QED) is 0.730. The Morgan fingerprint density at radius 3 is 2.32 bits per heavy atom. The molecule has 0 saturated heterocycles. The maximum Gasteiger partial charge on any atom is 0.375 e. The third-order valence-corrected chi connectivity index (χ3v) is 6.04. The molecule has 25 heavy (non-hydrogen) atoms. The Bertz CT molecular complexity index is 969. The van der Waals surface area contributed by atoms with Gasteiger partial charge in [0.15, 0.2) is 14.9 Å². The van der Waals surface area contributed by atoms with Crippen LogP contribution in [0, 0.1) is 0 Å². The molecule has 5 nitrogen and oxygen atoms in total. The number of hydrogen-bond acceptors (Lipinski definition) is 6. The van der Waals surface area contributed by atoms with Crippen LogP contribution in [-0.4, -0.2) is 26.2 Å². The Labute approximate surface area is 154 Å². The van der Waals surface area contributed by atoms with Crippen LogP contribution in [0.3, 0.4) is 0 Å². The molecule has 132 valence electrons. The van der Waals surface area contributed by atoms with Crippen molar-refractivity contribution in [3.8, 4) is 5.06 Å². The van der Waals surface area contributed by atoms with Crippen LogP contribution < -0.4 is 4.74 Å². The molecule has 1 aromatic carbocycles.